The van der Waals surface area contributed by atoms with Crippen LogP contribution in [0.5, 0.6) is 0 Å². The fourth-order valence-electron chi connectivity index (χ4n) is 2.10. The minimum absolute atomic E-state index is 0.120. The highest BCUT2D eigenvalue weighted by molar-refractivity contribution is 9.10. The first-order valence-corrected chi connectivity index (χ1v) is 9.75. The number of halogens is 1. The first-order chi connectivity index (χ1) is 11.4. The highest BCUT2D eigenvalue weighted by Crippen LogP contribution is 2.14. The summed E-state index contributed by atoms with van der Waals surface area (Å²) in [6.45, 7) is 1.97. The maximum Gasteiger partial charge on any atom is 0.241 e. The van der Waals surface area contributed by atoms with E-state index < -0.39 is 16.1 Å². The lowest BCUT2D eigenvalue weighted by molar-refractivity contribution is -0.122. The Balaban J connectivity index is 1.87. The van der Waals surface area contributed by atoms with Crippen molar-refractivity contribution in [3.8, 4) is 0 Å². The van der Waals surface area contributed by atoms with Gasteiger partial charge >= 0.3 is 0 Å². The Morgan fingerprint density at radius 2 is 1.71 bits per heavy atom. The number of hydrogen-bond acceptors (Lipinski definition) is 3. The van der Waals surface area contributed by atoms with E-state index in [1.54, 1.807) is 12.1 Å². The summed E-state index contributed by atoms with van der Waals surface area (Å²) in [6, 6.07) is 15.1. The Kier molecular flexibility index (Phi) is 6.53. The second kappa shape index (κ2) is 8.41. The van der Waals surface area contributed by atoms with Gasteiger partial charge in [0.1, 0.15) is 0 Å². The van der Waals surface area contributed by atoms with Crippen molar-refractivity contribution in [1.29, 1.82) is 0 Å². The van der Waals surface area contributed by atoms with Crippen LogP contribution in [0.2, 0.25) is 0 Å². The van der Waals surface area contributed by atoms with E-state index in [0.717, 1.165) is 10.0 Å². The molecule has 2 N–H and O–H groups in total. The fraction of sp³-hybridized carbons (Fsp3) is 0.235. The van der Waals surface area contributed by atoms with Crippen LogP contribution in [0.1, 0.15) is 12.5 Å². The zero-order valence-electron chi connectivity index (χ0n) is 13.2. The molecule has 5 nitrogen and oxygen atoms in total. The van der Waals surface area contributed by atoms with Crippen molar-refractivity contribution in [2.45, 2.75) is 24.3 Å². The van der Waals surface area contributed by atoms with Crippen molar-refractivity contribution in [2.24, 2.45) is 0 Å². The summed E-state index contributed by atoms with van der Waals surface area (Å²) in [4.78, 5) is 12.2. The third kappa shape index (κ3) is 5.43. The number of amides is 1. The summed E-state index contributed by atoms with van der Waals surface area (Å²) in [6.07, 6.45) is 0.693. The van der Waals surface area contributed by atoms with E-state index in [1.807, 2.05) is 30.3 Å². The lowest BCUT2D eigenvalue weighted by Gasteiger charge is -2.14. The maximum atomic E-state index is 12.2. The van der Waals surface area contributed by atoms with Gasteiger partial charge in [0.2, 0.25) is 15.9 Å². The minimum atomic E-state index is -3.73. The molecule has 0 radical (unpaired) electrons. The van der Waals surface area contributed by atoms with Crippen LogP contribution in [0.15, 0.2) is 64.0 Å². The molecule has 0 fully saturated rings. The van der Waals surface area contributed by atoms with Crippen LogP contribution in [-0.4, -0.2) is 26.9 Å². The van der Waals surface area contributed by atoms with Crippen LogP contribution in [0.4, 0.5) is 0 Å². The molecule has 2 aromatic rings. The highest BCUT2D eigenvalue weighted by Gasteiger charge is 2.21. The third-order valence-corrected chi connectivity index (χ3v) is 5.49. The van der Waals surface area contributed by atoms with Crippen LogP contribution in [0.25, 0.3) is 0 Å². The Morgan fingerprint density at radius 3 is 2.33 bits per heavy atom. The average molecular weight is 411 g/mol. The van der Waals surface area contributed by atoms with Crippen LogP contribution in [0.3, 0.4) is 0 Å². The van der Waals surface area contributed by atoms with E-state index in [2.05, 4.69) is 26.0 Å². The van der Waals surface area contributed by atoms with Gasteiger partial charge in [0.25, 0.3) is 0 Å². The van der Waals surface area contributed by atoms with Crippen molar-refractivity contribution < 1.29 is 13.2 Å². The topological polar surface area (TPSA) is 75.3 Å². The number of carbonyl (C=O) groups excluding carboxylic acids is 1. The summed E-state index contributed by atoms with van der Waals surface area (Å²) in [5, 5.41) is 2.74. The summed E-state index contributed by atoms with van der Waals surface area (Å²) < 4.78 is 27.7. The molecule has 0 aliphatic carbocycles. The van der Waals surface area contributed by atoms with Crippen molar-refractivity contribution in [2.75, 3.05) is 6.54 Å². The van der Waals surface area contributed by atoms with Gasteiger partial charge in [-0.05, 0) is 43.2 Å². The normalized spacial score (nSPS) is 12.6. The summed E-state index contributed by atoms with van der Waals surface area (Å²) in [5.41, 5.74) is 1.11. The molecule has 2 rings (SSSR count). The smallest absolute Gasteiger partial charge is 0.241 e. The number of rotatable bonds is 7. The standard InChI is InChI=1S/C17H19BrN2O3S/c1-13(17(21)19-12-11-14-5-3-2-4-6-14)20-24(22,23)16-9-7-15(18)8-10-16/h2-10,13,20H,11-12H2,1H3,(H,19,21)/t13-/m0/s1. The monoisotopic (exact) mass is 410 g/mol. The summed E-state index contributed by atoms with van der Waals surface area (Å²) in [5.74, 6) is -0.355. The van der Waals surface area contributed by atoms with Gasteiger partial charge in [0.15, 0.2) is 0 Å². The largest absolute Gasteiger partial charge is 0.354 e. The number of carbonyl (C=O) groups is 1. The van der Waals surface area contributed by atoms with E-state index >= 15 is 0 Å². The predicted molar refractivity (Wildman–Crippen MR) is 97.1 cm³/mol. The molecule has 0 bridgehead atoms. The lowest BCUT2D eigenvalue weighted by Crippen LogP contribution is -2.45. The average Bonchev–Trinajstić information content (AvgIpc) is 2.55. The van der Waals surface area contributed by atoms with Crippen LogP contribution in [0, 0.1) is 0 Å². The molecule has 0 spiro atoms. The third-order valence-electron chi connectivity index (χ3n) is 3.40. The Morgan fingerprint density at radius 1 is 1.08 bits per heavy atom. The summed E-state index contributed by atoms with van der Waals surface area (Å²) in [7, 11) is -3.73. The first-order valence-electron chi connectivity index (χ1n) is 7.48. The molecule has 7 heteroatoms. The van der Waals surface area contributed by atoms with Gasteiger partial charge in [-0.2, -0.15) is 4.72 Å². The molecule has 1 atom stereocenters. The lowest BCUT2D eigenvalue weighted by atomic mass is 10.1. The second-order valence-electron chi connectivity index (χ2n) is 5.32. The van der Waals surface area contributed by atoms with E-state index in [4.69, 9.17) is 0 Å². The molecule has 2 aromatic carbocycles. The fourth-order valence-corrected chi connectivity index (χ4v) is 3.56. The van der Waals surface area contributed by atoms with Gasteiger partial charge in [-0.1, -0.05) is 46.3 Å². The maximum absolute atomic E-state index is 12.2. The quantitative estimate of drug-likeness (QED) is 0.735. The molecule has 0 aliphatic rings. The summed E-state index contributed by atoms with van der Waals surface area (Å²) >= 11 is 3.25. The molecule has 128 valence electrons. The number of benzene rings is 2. The Bertz CT molecular complexity index is 777. The molecule has 1 amide bonds. The molecule has 0 saturated carbocycles. The van der Waals surface area contributed by atoms with Crippen molar-refractivity contribution in [3.63, 3.8) is 0 Å². The van der Waals surface area contributed by atoms with Crippen LogP contribution < -0.4 is 10.0 Å². The molecule has 0 heterocycles. The van der Waals surface area contributed by atoms with E-state index in [9.17, 15) is 13.2 Å². The van der Waals surface area contributed by atoms with Gasteiger partial charge in [-0.3, -0.25) is 4.79 Å². The zero-order chi connectivity index (χ0) is 17.6. The van der Waals surface area contributed by atoms with E-state index in [-0.39, 0.29) is 10.8 Å². The Hall–Kier alpha value is -1.70. The highest BCUT2D eigenvalue weighted by atomic mass is 79.9. The van der Waals surface area contributed by atoms with Gasteiger partial charge in [0, 0.05) is 11.0 Å². The number of hydrogen-bond donors (Lipinski definition) is 2. The Labute approximate surface area is 150 Å². The second-order valence-corrected chi connectivity index (χ2v) is 7.95. The van der Waals surface area contributed by atoms with Crippen LogP contribution in [-0.2, 0) is 21.2 Å². The molecule has 0 unspecified atom stereocenters. The van der Waals surface area contributed by atoms with E-state index in [1.165, 1.54) is 19.1 Å². The minimum Gasteiger partial charge on any atom is -0.354 e. The molecule has 0 aliphatic heterocycles. The number of sulfonamides is 1. The molecular formula is C17H19BrN2O3S. The number of nitrogens with one attached hydrogen (secondary N) is 2. The molecule has 0 aromatic heterocycles. The van der Waals surface area contributed by atoms with Crippen molar-refractivity contribution in [3.05, 3.63) is 64.6 Å². The molecule has 0 saturated heterocycles. The van der Waals surface area contributed by atoms with E-state index in [0.29, 0.717) is 13.0 Å². The van der Waals surface area contributed by atoms with Gasteiger partial charge < -0.3 is 5.32 Å². The predicted octanol–water partition coefficient (Wildman–Crippen LogP) is 2.47. The van der Waals surface area contributed by atoms with Gasteiger partial charge in [0.05, 0.1) is 10.9 Å². The van der Waals surface area contributed by atoms with Crippen molar-refractivity contribution >= 4 is 31.9 Å². The first kappa shape index (κ1) is 18.6. The van der Waals surface area contributed by atoms with Crippen LogP contribution >= 0.6 is 15.9 Å². The molecular weight excluding hydrogens is 392 g/mol. The SMILES string of the molecule is C[C@H](NS(=O)(=O)c1ccc(Br)cc1)C(=O)NCCc1ccccc1. The zero-order valence-corrected chi connectivity index (χ0v) is 15.6. The van der Waals surface area contributed by atoms with Crippen molar-refractivity contribution in [1.82, 2.24) is 10.0 Å². The van der Waals surface area contributed by atoms with Gasteiger partial charge in [-0.25, -0.2) is 8.42 Å². The molecule has 24 heavy (non-hydrogen) atoms. The van der Waals surface area contributed by atoms with Gasteiger partial charge in [-0.15, -0.1) is 0 Å².